The number of hydrogen-bond donors (Lipinski definition) is 3. The molecule has 7 heteroatoms. The van der Waals surface area contributed by atoms with E-state index in [1.54, 1.807) is 0 Å². The van der Waals surface area contributed by atoms with Crippen molar-refractivity contribution in [3.63, 3.8) is 0 Å². The number of aliphatic carboxylic acids is 3. The van der Waals surface area contributed by atoms with Gasteiger partial charge in [0.2, 0.25) is 0 Å². The second-order valence-corrected chi connectivity index (χ2v) is 13.3. The summed E-state index contributed by atoms with van der Waals surface area (Å²) in [5.74, 6) is -4.51. The molecule has 0 radical (unpaired) electrons. The molecule has 0 saturated carbocycles. The highest BCUT2D eigenvalue weighted by Crippen LogP contribution is 2.25. The first-order valence-electron chi connectivity index (χ1n) is 18.3. The molecule has 0 aromatic carbocycles. The van der Waals surface area contributed by atoms with E-state index in [2.05, 4.69) is 19.1 Å². The smallest absolute Gasteiger partial charge is 0.312 e. The van der Waals surface area contributed by atoms with Crippen LogP contribution in [-0.4, -0.2) is 63.9 Å². The lowest BCUT2D eigenvalue weighted by Gasteiger charge is -2.43. The van der Waals surface area contributed by atoms with Gasteiger partial charge in [0, 0.05) is 0 Å². The summed E-state index contributed by atoms with van der Waals surface area (Å²) < 4.78 is 0.260. The molecule has 0 amide bonds. The van der Waals surface area contributed by atoms with Crippen molar-refractivity contribution in [2.75, 3.05) is 26.2 Å². The fourth-order valence-electron chi connectivity index (χ4n) is 6.45. The Morgan fingerprint density at radius 2 is 0.773 bits per heavy atom. The van der Waals surface area contributed by atoms with Crippen molar-refractivity contribution in [1.29, 1.82) is 0 Å². The van der Waals surface area contributed by atoms with E-state index in [0.717, 1.165) is 19.3 Å². The molecule has 0 rings (SSSR count). The minimum absolute atomic E-state index is 0.260. The van der Waals surface area contributed by atoms with Gasteiger partial charge >= 0.3 is 17.9 Å². The molecule has 0 aliphatic carbocycles. The summed E-state index contributed by atoms with van der Waals surface area (Å²) in [6, 6.07) is 0. The van der Waals surface area contributed by atoms with Gasteiger partial charge in [0.15, 0.2) is 0 Å². The van der Waals surface area contributed by atoms with Crippen molar-refractivity contribution in [3.8, 4) is 0 Å². The van der Waals surface area contributed by atoms with Crippen LogP contribution in [0.25, 0.3) is 0 Å². The lowest BCUT2D eigenvalue weighted by molar-refractivity contribution is -0.935. The maximum Gasteiger partial charge on any atom is 0.312 e. The number of rotatable bonds is 32. The predicted octanol–water partition coefficient (Wildman–Crippen LogP) is 9.73. The molecule has 0 aromatic rings. The zero-order valence-electron chi connectivity index (χ0n) is 29.1. The first-order chi connectivity index (χ1) is 21.2. The van der Waals surface area contributed by atoms with Crippen molar-refractivity contribution >= 4 is 17.9 Å². The molecule has 0 fully saturated rings. The molecule has 3 N–H and O–H groups in total. The standard InChI is InChI=1S/C37H69NO6/c1-5-9-10-11-12-13-14-15-16-17-18-19-20-21-22-23-24-25-26-27-28-38(29-32(6-2)35(39)40,30-33(7-3)36(41)42)31-34(8-4)37(43)44/h13-14,32-34H,5-12,15-31H2,1-4H3,(H2-,39,40,41,42,43,44)/p+1/b14-13+. The molecule has 0 spiro atoms. The molecule has 7 nitrogen and oxygen atoms in total. The largest absolute Gasteiger partial charge is 0.481 e. The van der Waals surface area contributed by atoms with Crippen molar-refractivity contribution in [2.24, 2.45) is 17.8 Å². The van der Waals surface area contributed by atoms with E-state index in [0.29, 0.717) is 25.8 Å². The molecule has 0 aliphatic heterocycles. The monoisotopic (exact) mass is 625 g/mol. The Bertz CT molecular complexity index is 707. The van der Waals surface area contributed by atoms with Crippen LogP contribution in [0.5, 0.6) is 0 Å². The fraction of sp³-hybridized carbons (Fsp3) is 0.865. The molecule has 3 unspecified atom stereocenters. The summed E-state index contributed by atoms with van der Waals surface area (Å²) in [6.07, 6.45) is 28.5. The summed E-state index contributed by atoms with van der Waals surface area (Å²) in [7, 11) is 0. The van der Waals surface area contributed by atoms with E-state index >= 15 is 0 Å². The highest BCUT2D eigenvalue weighted by molar-refractivity contribution is 5.71. The number of allylic oxidation sites excluding steroid dienone is 2. The minimum atomic E-state index is -0.887. The average Bonchev–Trinajstić information content (AvgIpc) is 2.99. The molecule has 0 heterocycles. The Labute approximate surface area is 270 Å². The molecular formula is C37H70NO6+. The van der Waals surface area contributed by atoms with Crippen molar-refractivity contribution < 1.29 is 34.2 Å². The Kier molecular flexibility index (Phi) is 26.2. The van der Waals surface area contributed by atoms with Gasteiger partial charge in [0.05, 0.1) is 26.2 Å². The number of quaternary nitrogens is 1. The predicted molar refractivity (Wildman–Crippen MR) is 182 cm³/mol. The van der Waals surface area contributed by atoms with E-state index in [-0.39, 0.29) is 24.1 Å². The fourth-order valence-corrected chi connectivity index (χ4v) is 6.45. The van der Waals surface area contributed by atoms with Gasteiger partial charge in [-0.2, -0.15) is 0 Å². The maximum absolute atomic E-state index is 12.0. The van der Waals surface area contributed by atoms with Crippen molar-refractivity contribution in [1.82, 2.24) is 0 Å². The molecular weight excluding hydrogens is 554 g/mol. The van der Waals surface area contributed by atoms with E-state index in [4.69, 9.17) is 0 Å². The van der Waals surface area contributed by atoms with Gasteiger partial charge in [-0.3, -0.25) is 14.4 Å². The Hall–Kier alpha value is -1.89. The van der Waals surface area contributed by atoms with Crippen LogP contribution in [0.4, 0.5) is 0 Å². The summed E-state index contributed by atoms with van der Waals surface area (Å²) in [4.78, 5) is 36.0. The lowest BCUT2D eigenvalue weighted by Crippen LogP contribution is -2.58. The van der Waals surface area contributed by atoms with Crippen molar-refractivity contribution in [3.05, 3.63) is 12.2 Å². The zero-order chi connectivity index (χ0) is 33.1. The first-order valence-corrected chi connectivity index (χ1v) is 18.3. The van der Waals surface area contributed by atoms with E-state index in [1.807, 2.05) is 20.8 Å². The molecule has 0 aliphatic rings. The summed E-state index contributed by atoms with van der Waals surface area (Å²) in [6.45, 7) is 9.27. The van der Waals surface area contributed by atoms with Gasteiger partial charge in [-0.05, 0) is 57.8 Å². The first kappa shape index (κ1) is 42.1. The third kappa shape index (κ3) is 21.0. The molecule has 0 bridgehead atoms. The summed E-state index contributed by atoms with van der Waals surface area (Å²) in [5.41, 5.74) is 0. The average molecular weight is 625 g/mol. The van der Waals surface area contributed by atoms with Gasteiger partial charge in [-0.25, -0.2) is 0 Å². The summed E-state index contributed by atoms with van der Waals surface area (Å²) >= 11 is 0. The Balaban J connectivity index is 4.55. The van der Waals surface area contributed by atoms with Crippen LogP contribution in [-0.2, 0) is 14.4 Å². The topological polar surface area (TPSA) is 112 Å². The van der Waals surface area contributed by atoms with Gasteiger partial charge in [0.25, 0.3) is 0 Å². The summed E-state index contributed by atoms with van der Waals surface area (Å²) in [5, 5.41) is 29.5. The lowest BCUT2D eigenvalue weighted by atomic mass is 9.95. The quantitative estimate of drug-likeness (QED) is 0.0390. The van der Waals surface area contributed by atoms with Gasteiger partial charge in [-0.15, -0.1) is 0 Å². The molecule has 44 heavy (non-hydrogen) atoms. The second-order valence-electron chi connectivity index (χ2n) is 13.3. The van der Waals surface area contributed by atoms with Crippen LogP contribution in [0.3, 0.4) is 0 Å². The number of carbonyl (C=O) groups is 3. The van der Waals surface area contributed by atoms with E-state index in [9.17, 15) is 29.7 Å². The van der Waals surface area contributed by atoms with E-state index in [1.165, 1.54) is 96.3 Å². The van der Waals surface area contributed by atoms with Crippen LogP contribution >= 0.6 is 0 Å². The third-order valence-corrected chi connectivity index (χ3v) is 9.49. The van der Waals surface area contributed by atoms with Crippen LogP contribution in [0, 0.1) is 17.8 Å². The van der Waals surface area contributed by atoms with Crippen molar-refractivity contribution in [2.45, 2.75) is 163 Å². The van der Waals surface area contributed by atoms with Crippen LogP contribution < -0.4 is 0 Å². The number of carboxylic acids is 3. The van der Waals surface area contributed by atoms with Gasteiger partial charge in [0.1, 0.15) is 17.8 Å². The van der Waals surface area contributed by atoms with Gasteiger partial charge < -0.3 is 19.8 Å². The molecule has 3 atom stereocenters. The number of hydrogen-bond acceptors (Lipinski definition) is 3. The third-order valence-electron chi connectivity index (χ3n) is 9.49. The molecule has 0 aromatic heterocycles. The highest BCUT2D eigenvalue weighted by Gasteiger charge is 2.40. The molecule has 0 saturated heterocycles. The zero-order valence-corrected chi connectivity index (χ0v) is 29.1. The second kappa shape index (κ2) is 27.4. The van der Waals surface area contributed by atoms with Crippen LogP contribution in [0.1, 0.15) is 163 Å². The number of nitrogens with zero attached hydrogens (tertiary/aromatic N) is 1. The SMILES string of the molecule is CCCCCC/C=C/CCCCCCCCCCCCCC[N+](CC(CC)C(=O)O)(CC(CC)C(=O)O)CC(CC)C(=O)O. The van der Waals surface area contributed by atoms with Gasteiger partial charge in [-0.1, -0.05) is 117 Å². The minimum Gasteiger partial charge on any atom is -0.481 e. The molecule has 258 valence electrons. The maximum atomic E-state index is 12.0. The normalized spacial score (nSPS) is 15.2. The Morgan fingerprint density at radius 3 is 1.07 bits per heavy atom. The van der Waals surface area contributed by atoms with Crippen LogP contribution in [0.2, 0.25) is 0 Å². The Morgan fingerprint density at radius 1 is 0.477 bits per heavy atom. The number of unbranched alkanes of at least 4 members (excludes halogenated alkanes) is 16. The van der Waals surface area contributed by atoms with Crippen LogP contribution in [0.15, 0.2) is 12.2 Å². The van der Waals surface area contributed by atoms with E-state index < -0.39 is 35.7 Å². The number of carboxylic acid groups (broad SMARTS) is 3. The highest BCUT2D eigenvalue weighted by atomic mass is 16.4.